The molecule has 90 valence electrons. The van der Waals surface area contributed by atoms with Crippen molar-refractivity contribution in [3.8, 4) is 0 Å². The first-order chi connectivity index (χ1) is 7.40. The van der Waals surface area contributed by atoms with Crippen LogP contribution in [0, 0.1) is 0 Å². The summed E-state index contributed by atoms with van der Waals surface area (Å²) in [6.07, 6.45) is -1.58. The van der Waals surface area contributed by atoms with Gasteiger partial charge in [-0.1, -0.05) is 0 Å². The summed E-state index contributed by atoms with van der Waals surface area (Å²) in [7, 11) is 1.52. The smallest absolute Gasteiger partial charge is 0.306 e. The van der Waals surface area contributed by atoms with E-state index < -0.39 is 18.5 Å². The molecule has 0 bridgehead atoms. The van der Waals surface area contributed by atoms with E-state index in [1.807, 2.05) is 0 Å². The summed E-state index contributed by atoms with van der Waals surface area (Å²) in [4.78, 5) is 35.5. The number of aliphatic hydroxyl groups is 1. The van der Waals surface area contributed by atoms with Gasteiger partial charge in [-0.15, -0.1) is 0 Å². The van der Waals surface area contributed by atoms with Gasteiger partial charge in [0.1, 0.15) is 0 Å². The zero-order valence-corrected chi connectivity index (χ0v) is 8.92. The Kier molecular flexibility index (Phi) is 3.83. The molecule has 1 saturated heterocycles. The number of carboxylic acids is 1. The number of carboxylic acid groups (broad SMARTS) is 1. The topological polar surface area (TPSA) is 98.2 Å². The van der Waals surface area contributed by atoms with E-state index in [1.54, 1.807) is 0 Å². The van der Waals surface area contributed by atoms with E-state index in [2.05, 4.69) is 0 Å². The van der Waals surface area contributed by atoms with Crippen molar-refractivity contribution in [3.63, 3.8) is 0 Å². The Bertz CT molecular complexity index is 317. The second-order valence-corrected chi connectivity index (χ2v) is 3.78. The van der Waals surface area contributed by atoms with Gasteiger partial charge in [0.2, 0.25) is 11.8 Å². The van der Waals surface area contributed by atoms with Gasteiger partial charge in [-0.2, -0.15) is 0 Å². The number of hydrogen-bond donors (Lipinski definition) is 2. The van der Waals surface area contributed by atoms with Crippen molar-refractivity contribution in [1.29, 1.82) is 0 Å². The van der Waals surface area contributed by atoms with Crippen LogP contribution < -0.4 is 0 Å². The number of β-amino-alcohol motifs (C(OH)–C–C–N with tert-alkyl or cyclic N) is 1. The van der Waals surface area contributed by atoms with E-state index in [-0.39, 0.29) is 31.4 Å². The van der Waals surface area contributed by atoms with Crippen molar-refractivity contribution in [1.82, 2.24) is 9.80 Å². The molecule has 2 N–H and O–H groups in total. The quantitative estimate of drug-likeness (QED) is 0.589. The lowest BCUT2D eigenvalue weighted by molar-refractivity contribution is -0.150. The molecular formula is C9H14N2O5. The summed E-state index contributed by atoms with van der Waals surface area (Å²) in [6, 6.07) is 0. The van der Waals surface area contributed by atoms with Crippen molar-refractivity contribution in [3.05, 3.63) is 0 Å². The molecule has 0 aromatic carbocycles. The van der Waals surface area contributed by atoms with E-state index in [9.17, 15) is 19.5 Å². The van der Waals surface area contributed by atoms with Gasteiger partial charge in [0.05, 0.1) is 25.6 Å². The predicted octanol–water partition coefficient (Wildman–Crippen LogP) is -1.88. The van der Waals surface area contributed by atoms with Crippen LogP contribution in [0.15, 0.2) is 0 Å². The summed E-state index contributed by atoms with van der Waals surface area (Å²) >= 11 is 0. The Morgan fingerprint density at radius 2 is 2.00 bits per heavy atom. The molecule has 1 atom stereocenters. The first-order valence-electron chi connectivity index (χ1n) is 4.81. The molecule has 1 unspecified atom stereocenters. The first kappa shape index (κ1) is 12.4. The third-order valence-electron chi connectivity index (χ3n) is 2.32. The standard InChI is InChI=1S/C9H14N2O5/c1-10-4-8(14)11(5-7(10)13)3-6(12)2-9(15)16/h6,12H,2-5H2,1H3,(H,15,16). The van der Waals surface area contributed by atoms with Crippen molar-refractivity contribution in [2.45, 2.75) is 12.5 Å². The second-order valence-electron chi connectivity index (χ2n) is 3.78. The van der Waals surface area contributed by atoms with Crippen LogP contribution in [0.4, 0.5) is 0 Å². The molecule has 0 radical (unpaired) electrons. The highest BCUT2D eigenvalue weighted by atomic mass is 16.4. The van der Waals surface area contributed by atoms with Crippen molar-refractivity contribution in [2.24, 2.45) is 0 Å². The molecule has 1 rings (SSSR count). The number of piperazine rings is 1. The van der Waals surface area contributed by atoms with Crippen molar-refractivity contribution >= 4 is 17.8 Å². The number of rotatable bonds is 4. The number of likely N-dealkylation sites (N-methyl/N-ethyl adjacent to an activating group) is 1. The lowest BCUT2D eigenvalue weighted by atomic mass is 10.2. The highest BCUT2D eigenvalue weighted by Gasteiger charge is 2.29. The second kappa shape index (κ2) is 4.93. The predicted molar refractivity (Wildman–Crippen MR) is 52.5 cm³/mol. The summed E-state index contributed by atoms with van der Waals surface area (Å²) in [5.74, 6) is -1.64. The third-order valence-corrected chi connectivity index (χ3v) is 2.32. The zero-order chi connectivity index (χ0) is 12.3. The van der Waals surface area contributed by atoms with Crippen molar-refractivity contribution < 1.29 is 24.6 Å². The van der Waals surface area contributed by atoms with E-state index in [1.165, 1.54) is 16.8 Å². The number of carbonyl (C=O) groups is 3. The largest absolute Gasteiger partial charge is 0.481 e. The van der Waals surface area contributed by atoms with Crippen molar-refractivity contribution in [2.75, 3.05) is 26.7 Å². The first-order valence-corrected chi connectivity index (χ1v) is 4.81. The maximum atomic E-state index is 11.4. The summed E-state index contributed by atoms with van der Waals surface area (Å²) < 4.78 is 0. The van der Waals surface area contributed by atoms with Gasteiger partial charge < -0.3 is 20.0 Å². The Labute approximate surface area is 92.2 Å². The Balaban J connectivity index is 2.50. The molecule has 2 amide bonds. The van der Waals surface area contributed by atoms with Gasteiger partial charge in [0.25, 0.3) is 0 Å². The minimum Gasteiger partial charge on any atom is -0.481 e. The lowest BCUT2D eigenvalue weighted by Crippen LogP contribution is -2.54. The summed E-state index contributed by atoms with van der Waals surface area (Å²) in [5, 5.41) is 17.8. The minimum atomic E-state index is -1.14. The molecule has 1 heterocycles. The maximum absolute atomic E-state index is 11.4. The average molecular weight is 230 g/mol. The Morgan fingerprint density at radius 3 is 2.56 bits per heavy atom. The van der Waals surface area contributed by atoms with Crippen LogP contribution in [0.25, 0.3) is 0 Å². The van der Waals surface area contributed by atoms with Gasteiger partial charge >= 0.3 is 5.97 Å². The monoisotopic (exact) mass is 230 g/mol. The molecule has 0 aromatic rings. The molecule has 1 aliphatic rings. The molecule has 0 spiro atoms. The molecule has 0 saturated carbocycles. The number of hydrogen-bond acceptors (Lipinski definition) is 4. The fourth-order valence-corrected chi connectivity index (χ4v) is 1.45. The average Bonchev–Trinajstić information content (AvgIpc) is 2.12. The fraction of sp³-hybridized carbons (Fsp3) is 0.667. The number of amides is 2. The number of aliphatic carboxylic acids is 1. The molecular weight excluding hydrogens is 216 g/mol. The van der Waals surface area contributed by atoms with E-state index in [4.69, 9.17) is 5.11 Å². The van der Waals surface area contributed by atoms with Crippen LogP contribution in [-0.4, -0.2) is 70.6 Å². The van der Waals surface area contributed by atoms with Crippen LogP contribution in [0.2, 0.25) is 0 Å². The fourth-order valence-electron chi connectivity index (χ4n) is 1.45. The van der Waals surface area contributed by atoms with E-state index in [0.717, 1.165) is 0 Å². The third kappa shape index (κ3) is 3.20. The summed E-state index contributed by atoms with van der Waals surface area (Å²) in [5.41, 5.74) is 0. The molecule has 0 aromatic heterocycles. The van der Waals surface area contributed by atoms with Crippen LogP contribution in [-0.2, 0) is 14.4 Å². The SMILES string of the molecule is CN1CC(=O)N(CC(O)CC(=O)O)CC1=O. The van der Waals surface area contributed by atoms with Gasteiger partial charge in [-0.05, 0) is 0 Å². The molecule has 1 fully saturated rings. The van der Waals surface area contributed by atoms with Crippen LogP contribution in [0.1, 0.15) is 6.42 Å². The number of carbonyl (C=O) groups excluding carboxylic acids is 2. The van der Waals surface area contributed by atoms with Gasteiger partial charge in [-0.3, -0.25) is 14.4 Å². The molecule has 7 nitrogen and oxygen atoms in total. The maximum Gasteiger partial charge on any atom is 0.306 e. The zero-order valence-electron chi connectivity index (χ0n) is 8.92. The molecule has 16 heavy (non-hydrogen) atoms. The lowest BCUT2D eigenvalue weighted by Gasteiger charge is -2.32. The number of nitrogens with zero attached hydrogens (tertiary/aromatic N) is 2. The van der Waals surface area contributed by atoms with E-state index >= 15 is 0 Å². The minimum absolute atomic E-state index is 0.0291. The highest BCUT2D eigenvalue weighted by molar-refractivity contribution is 5.92. The molecule has 1 aliphatic heterocycles. The van der Waals surface area contributed by atoms with Crippen LogP contribution in [0.3, 0.4) is 0 Å². The van der Waals surface area contributed by atoms with Gasteiger partial charge in [-0.25, -0.2) is 0 Å². The van der Waals surface area contributed by atoms with Gasteiger partial charge in [0, 0.05) is 13.6 Å². The normalized spacial score (nSPS) is 18.9. The van der Waals surface area contributed by atoms with Crippen LogP contribution >= 0.6 is 0 Å². The molecule has 0 aliphatic carbocycles. The highest BCUT2D eigenvalue weighted by Crippen LogP contribution is 2.05. The van der Waals surface area contributed by atoms with Gasteiger partial charge in [0.15, 0.2) is 0 Å². The Morgan fingerprint density at radius 1 is 1.38 bits per heavy atom. The summed E-state index contributed by atoms with van der Waals surface area (Å²) in [6.45, 7) is -0.255. The molecule has 7 heteroatoms. The Hall–Kier alpha value is -1.63. The van der Waals surface area contributed by atoms with Crippen LogP contribution in [0.5, 0.6) is 0 Å². The van der Waals surface area contributed by atoms with E-state index in [0.29, 0.717) is 0 Å². The number of aliphatic hydroxyl groups excluding tert-OH is 1.